The van der Waals surface area contributed by atoms with Crippen molar-refractivity contribution in [2.75, 3.05) is 6.61 Å². The number of hydrogen-bond acceptors (Lipinski definition) is 7. The highest BCUT2D eigenvalue weighted by atomic mass is 127. The van der Waals surface area contributed by atoms with E-state index in [1.807, 2.05) is 22.6 Å². The lowest BCUT2D eigenvalue weighted by Crippen LogP contribution is -2.53. The van der Waals surface area contributed by atoms with Gasteiger partial charge >= 0.3 is 6.18 Å². The largest absolute Gasteiger partial charge is 0.418 e. The Morgan fingerprint density at radius 3 is 2.42 bits per heavy atom. The number of aliphatic hydroxyl groups is 3. The molecule has 3 N–H and O–H groups in total. The van der Waals surface area contributed by atoms with E-state index in [0.29, 0.717) is 14.8 Å². The molecule has 0 radical (unpaired) electrons. The summed E-state index contributed by atoms with van der Waals surface area (Å²) < 4.78 is 63.7. The average molecular weight is 694 g/mol. The Bertz CT molecular complexity index is 1530. The Hall–Kier alpha value is -2.63. The maximum atomic E-state index is 13.9. The number of halogens is 6. The molecule has 0 bridgehead atoms. The fourth-order valence-corrected chi connectivity index (χ4v) is 5.54. The SMILES string of the molecule is Cc1nc([C@@H]2OC(CO)[C@H](O)[C@H](n3cc(I)c(-c4ccc(F)cc4)n3)C2O)n(-c2cc(Cl)ccc2C(F)(F)F)n1. The predicted molar refractivity (Wildman–Crippen MR) is 142 cm³/mol. The summed E-state index contributed by atoms with van der Waals surface area (Å²) in [6.45, 7) is 0.774. The number of nitrogens with zero attached hydrogens (tertiary/aromatic N) is 5. The summed E-state index contributed by atoms with van der Waals surface area (Å²) in [5.41, 5.74) is -0.473. The van der Waals surface area contributed by atoms with Crippen LogP contribution in [0.2, 0.25) is 5.02 Å². The number of benzene rings is 2. The zero-order valence-electron chi connectivity index (χ0n) is 20.5. The minimum atomic E-state index is -4.77. The molecule has 2 aromatic carbocycles. The monoisotopic (exact) mass is 693 g/mol. The Balaban J connectivity index is 1.60. The topological polar surface area (TPSA) is 118 Å². The molecular formula is C25H21ClF4IN5O4. The second-order valence-electron chi connectivity index (χ2n) is 9.15. The number of aromatic nitrogens is 5. The number of aliphatic hydroxyl groups excluding tert-OH is 3. The maximum Gasteiger partial charge on any atom is 0.418 e. The molecule has 1 aliphatic rings. The lowest BCUT2D eigenvalue weighted by atomic mass is 9.92. The second-order valence-corrected chi connectivity index (χ2v) is 10.7. The zero-order chi connectivity index (χ0) is 28.9. The molecule has 0 saturated carbocycles. The van der Waals surface area contributed by atoms with Crippen LogP contribution >= 0.6 is 34.2 Å². The van der Waals surface area contributed by atoms with Crippen LogP contribution in [-0.4, -0.2) is 64.8 Å². The zero-order valence-corrected chi connectivity index (χ0v) is 23.4. The maximum absolute atomic E-state index is 13.9. The molecule has 4 aromatic rings. The van der Waals surface area contributed by atoms with E-state index in [0.717, 1.165) is 22.9 Å². The first kappa shape index (κ1) is 28.9. The lowest BCUT2D eigenvalue weighted by molar-refractivity contribution is -0.210. The van der Waals surface area contributed by atoms with Crippen molar-refractivity contribution >= 4 is 34.2 Å². The van der Waals surface area contributed by atoms with Crippen molar-refractivity contribution in [2.45, 2.75) is 43.6 Å². The van der Waals surface area contributed by atoms with Gasteiger partial charge in [0.2, 0.25) is 0 Å². The molecule has 15 heteroatoms. The van der Waals surface area contributed by atoms with Crippen molar-refractivity contribution in [3.63, 3.8) is 0 Å². The van der Waals surface area contributed by atoms with Crippen molar-refractivity contribution in [3.05, 3.63) is 80.3 Å². The number of ether oxygens (including phenoxy) is 1. The van der Waals surface area contributed by atoms with Crippen LogP contribution in [0.3, 0.4) is 0 Å². The van der Waals surface area contributed by atoms with Crippen molar-refractivity contribution in [2.24, 2.45) is 0 Å². The normalized spacial score (nSPS) is 23.5. The standard InChI is InChI=1S/C25H21ClF4IN5O4/c1-11-32-24(36(33-11)17-8-13(26)4-7-15(17)25(28,29)30)23-22(39)20(21(38)18(10-37)40-23)35-9-16(31)19(34-35)12-2-5-14(27)6-3-12/h2-9,18,20-23,37-39H,10H2,1H3/t18?,20-,21-,22?,23+/m0/s1. The fourth-order valence-electron chi connectivity index (χ4n) is 4.67. The Morgan fingerprint density at radius 1 is 1.07 bits per heavy atom. The molecule has 2 unspecified atom stereocenters. The van der Waals surface area contributed by atoms with Crippen LogP contribution < -0.4 is 0 Å². The van der Waals surface area contributed by atoms with Crippen LogP contribution in [0.4, 0.5) is 17.6 Å². The first-order valence-corrected chi connectivity index (χ1v) is 13.3. The van der Waals surface area contributed by atoms with Crippen molar-refractivity contribution in [1.29, 1.82) is 0 Å². The highest BCUT2D eigenvalue weighted by Crippen LogP contribution is 2.41. The van der Waals surface area contributed by atoms with E-state index < -0.39 is 60.3 Å². The summed E-state index contributed by atoms with van der Waals surface area (Å²) in [6.07, 6.45) is -9.00. The summed E-state index contributed by atoms with van der Waals surface area (Å²) >= 11 is 8.02. The Morgan fingerprint density at radius 2 is 1.77 bits per heavy atom. The molecular weight excluding hydrogens is 673 g/mol. The molecule has 1 aliphatic heterocycles. The van der Waals surface area contributed by atoms with Gasteiger partial charge in [-0.25, -0.2) is 14.1 Å². The third-order valence-electron chi connectivity index (χ3n) is 6.49. The summed E-state index contributed by atoms with van der Waals surface area (Å²) in [5, 5.41) is 41.1. The van der Waals surface area contributed by atoms with Gasteiger partial charge in [-0.2, -0.15) is 23.4 Å². The number of aryl methyl sites for hydroxylation is 1. The quantitative estimate of drug-likeness (QED) is 0.211. The van der Waals surface area contributed by atoms with Gasteiger partial charge in [-0.1, -0.05) is 11.6 Å². The van der Waals surface area contributed by atoms with E-state index in [9.17, 15) is 32.9 Å². The second kappa shape index (κ2) is 11.0. The Labute approximate surface area is 243 Å². The van der Waals surface area contributed by atoms with Crippen LogP contribution in [0.5, 0.6) is 0 Å². The van der Waals surface area contributed by atoms with Gasteiger partial charge in [0.25, 0.3) is 0 Å². The highest BCUT2D eigenvalue weighted by Gasteiger charge is 2.49. The van der Waals surface area contributed by atoms with Crippen molar-refractivity contribution in [3.8, 4) is 16.9 Å². The number of alkyl halides is 3. The average Bonchev–Trinajstić information content (AvgIpc) is 3.46. The van der Waals surface area contributed by atoms with E-state index >= 15 is 0 Å². The van der Waals surface area contributed by atoms with Gasteiger partial charge in [-0.15, -0.1) is 0 Å². The van der Waals surface area contributed by atoms with E-state index in [1.54, 1.807) is 6.20 Å². The van der Waals surface area contributed by atoms with Gasteiger partial charge in [0.15, 0.2) is 5.82 Å². The fraction of sp³-hybridized carbons (Fsp3) is 0.320. The van der Waals surface area contributed by atoms with Gasteiger partial charge in [-0.3, -0.25) is 4.68 Å². The number of hydrogen-bond donors (Lipinski definition) is 3. The van der Waals surface area contributed by atoms with Crippen molar-refractivity contribution in [1.82, 2.24) is 24.5 Å². The third-order valence-corrected chi connectivity index (χ3v) is 7.51. The van der Waals surface area contributed by atoms with Crippen LogP contribution in [0.25, 0.3) is 16.9 Å². The van der Waals surface area contributed by atoms with Gasteiger partial charge in [0.05, 0.1) is 21.4 Å². The minimum Gasteiger partial charge on any atom is -0.394 e. The van der Waals surface area contributed by atoms with E-state index in [4.69, 9.17) is 16.3 Å². The van der Waals surface area contributed by atoms with E-state index in [1.165, 1.54) is 35.9 Å². The molecule has 2 aromatic heterocycles. The first-order valence-electron chi connectivity index (χ1n) is 11.8. The molecule has 3 heterocycles. The predicted octanol–water partition coefficient (Wildman–Crippen LogP) is 4.25. The summed E-state index contributed by atoms with van der Waals surface area (Å²) in [4.78, 5) is 4.24. The molecule has 9 nitrogen and oxygen atoms in total. The van der Waals surface area contributed by atoms with E-state index in [-0.39, 0.29) is 16.7 Å². The van der Waals surface area contributed by atoms with Gasteiger partial charge in [0.1, 0.15) is 47.8 Å². The lowest BCUT2D eigenvalue weighted by Gasteiger charge is -2.42. The van der Waals surface area contributed by atoms with Crippen molar-refractivity contribution < 1.29 is 37.6 Å². The summed E-state index contributed by atoms with van der Waals surface area (Å²) in [6, 6.07) is 7.33. The van der Waals surface area contributed by atoms with Gasteiger partial charge < -0.3 is 20.1 Å². The van der Waals surface area contributed by atoms with Crippen LogP contribution in [0.1, 0.15) is 29.4 Å². The molecule has 1 fully saturated rings. The molecule has 5 atom stereocenters. The van der Waals surface area contributed by atoms with E-state index in [2.05, 4.69) is 15.2 Å². The van der Waals surface area contributed by atoms with Crippen LogP contribution in [0.15, 0.2) is 48.7 Å². The summed E-state index contributed by atoms with van der Waals surface area (Å²) in [5.74, 6) is -0.557. The molecule has 40 heavy (non-hydrogen) atoms. The van der Waals surface area contributed by atoms with Gasteiger partial charge in [-0.05, 0) is 72.0 Å². The highest BCUT2D eigenvalue weighted by molar-refractivity contribution is 14.1. The smallest absolute Gasteiger partial charge is 0.394 e. The molecule has 5 rings (SSSR count). The summed E-state index contributed by atoms with van der Waals surface area (Å²) in [7, 11) is 0. The first-order chi connectivity index (χ1) is 18.9. The number of rotatable bonds is 5. The molecule has 1 saturated heterocycles. The molecule has 0 spiro atoms. The third kappa shape index (κ3) is 5.35. The molecule has 0 amide bonds. The Kier molecular flexibility index (Phi) is 7.93. The van der Waals surface area contributed by atoms with Crippen LogP contribution in [-0.2, 0) is 10.9 Å². The molecule has 212 valence electrons. The molecule has 0 aliphatic carbocycles. The van der Waals surface area contributed by atoms with Crippen LogP contribution in [0, 0.1) is 16.3 Å². The van der Waals surface area contributed by atoms with Gasteiger partial charge in [0, 0.05) is 16.8 Å². The minimum absolute atomic E-state index is 0.00758.